The summed E-state index contributed by atoms with van der Waals surface area (Å²) in [5.41, 5.74) is 1.06. The van der Waals surface area contributed by atoms with Gasteiger partial charge in [0.1, 0.15) is 17.8 Å². The lowest BCUT2D eigenvalue weighted by molar-refractivity contribution is 0.0126. The van der Waals surface area contributed by atoms with Crippen LogP contribution in [0, 0.1) is 18.3 Å². The summed E-state index contributed by atoms with van der Waals surface area (Å²) >= 11 is 0. The molecule has 0 spiro atoms. The molecule has 1 amide bonds. The van der Waals surface area contributed by atoms with Crippen molar-refractivity contribution in [1.82, 2.24) is 5.32 Å². The minimum absolute atomic E-state index is 0.143. The number of aryl methyl sites for hydroxylation is 1. The number of hydrogen-bond donors (Lipinski definition) is 3. The quantitative estimate of drug-likeness (QED) is 0.787. The lowest BCUT2D eigenvalue weighted by Crippen LogP contribution is -2.39. The van der Waals surface area contributed by atoms with E-state index in [1.165, 1.54) is 0 Å². The zero-order valence-electron chi connectivity index (χ0n) is 13.3. The first-order chi connectivity index (χ1) is 10.1. The van der Waals surface area contributed by atoms with Crippen molar-refractivity contribution in [3.8, 4) is 6.07 Å². The zero-order chi connectivity index (χ0) is 16.9. The van der Waals surface area contributed by atoms with Crippen LogP contribution < -0.4 is 5.32 Å². The van der Waals surface area contributed by atoms with Gasteiger partial charge in [-0.2, -0.15) is 5.26 Å². The number of aliphatic hydroxyl groups excluding tert-OH is 2. The summed E-state index contributed by atoms with van der Waals surface area (Å²) in [6.07, 6.45) is -3.00. The number of rotatable bonds is 4. The van der Waals surface area contributed by atoms with Crippen LogP contribution in [0.25, 0.3) is 0 Å². The van der Waals surface area contributed by atoms with Crippen molar-refractivity contribution < 1.29 is 19.7 Å². The first-order valence-electron chi connectivity index (χ1n) is 6.97. The maximum absolute atomic E-state index is 11.5. The van der Waals surface area contributed by atoms with Crippen molar-refractivity contribution in [2.24, 2.45) is 0 Å². The van der Waals surface area contributed by atoms with Crippen molar-refractivity contribution >= 4 is 6.09 Å². The van der Waals surface area contributed by atoms with E-state index < -0.39 is 23.9 Å². The van der Waals surface area contributed by atoms with Gasteiger partial charge in [-0.25, -0.2) is 4.79 Å². The minimum Gasteiger partial charge on any atom is -0.444 e. The van der Waals surface area contributed by atoms with Crippen molar-refractivity contribution in [3.05, 3.63) is 34.9 Å². The Labute approximate surface area is 130 Å². The van der Waals surface area contributed by atoms with Crippen LogP contribution in [0.4, 0.5) is 4.79 Å². The van der Waals surface area contributed by atoms with Crippen LogP contribution in [0.3, 0.4) is 0 Å². The summed E-state index contributed by atoms with van der Waals surface area (Å²) in [7, 11) is 0. The highest BCUT2D eigenvalue weighted by atomic mass is 16.6. The number of hydrogen-bond acceptors (Lipinski definition) is 5. The molecule has 120 valence electrons. The summed E-state index contributed by atoms with van der Waals surface area (Å²) in [4.78, 5) is 11.5. The molecular weight excluding hydrogens is 284 g/mol. The van der Waals surface area contributed by atoms with E-state index in [4.69, 9.17) is 10.00 Å². The van der Waals surface area contributed by atoms with Crippen LogP contribution in [0.1, 0.15) is 43.6 Å². The normalized spacial score (nSPS) is 13.9. The van der Waals surface area contributed by atoms with Gasteiger partial charge in [-0.3, -0.25) is 0 Å². The number of aliphatic hydroxyl groups is 2. The highest BCUT2D eigenvalue weighted by Crippen LogP contribution is 2.21. The molecule has 0 saturated heterocycles. The molecule has 6 nitrogen and oxygen atoms in total. The van der Waals surface area contributed by atoms with Gasteiger partial charge in [0.2, 0.25) is 0 Å². The Morgan fingerprint density at radius 2 is 2.05 bits per heavy atom. The average Bonchev–Trinajstić information content (AvgIpc) is 2.42. The molecule has 1 rings (SSSR count). The molecule has 0 radical (unpaired) electrons. The van der Waals surface area contributed by atoms with Crippen LogP contribution in [-0.2, 0) is 4.74 Å². The summed E-state index contributed by atoms with van der Waals surface area (Å²) in [5.74, 6) is 0. The van der Waals surface area contributed by atoms with Crippen LogP contribution in [0.5, 0.6) is 0 Å². The molecule has 3 N–H and O–H groups in total. The number of nitrogens with one attached hydrogen (secondary N) is 1. The second kappa shape index (κ2) is 7.25. The minimum atomic E-state index is -1.18. The predicted octanol–water partition coefficient (Wildman–Crippen LogP) is 1.79. The first kappa shape index (κ1) is 18.0. The second-order valence-corrected chi connectivity index (χ2v) is 6.08. The first-order valence-corrected chi connectivity index (χ1v) is 6.97. The number of ether oxygens (including phenoxy) is 1. The van der Waals surface area contributed by atoms with E-state index in [0.29, 0.717) is 16.7 Å². The molecule has 22 heavy (non-hydrogen) atoms. The zero-order valence-corrected chi connectivity index (χ0v) is 13.3. The third-order valence-electron chi connectivity index (χ3n) is 2.94. The Hall–Kier alpha value is -2.10. The largest absolute Gasteiger partial charge is 0.444 e. The van der Waals surface area contributed by atoms with Gasteiger partial charge < -0.3 is 20.3 Å². The van der Waals surface area contributed by atoms with Crippen molar-refractivity contribution in [2.75, 3.05) is 6.54 Å². The molecule has 2 atom stereocenters. The summed E-state index contributed by atoms with van der Waals surface area (Å²) < 4.78 is 5.05. The number of benzene rings is 1. The maximum atomic E-state index is 11.5. The fourth-order valence-electron chi connectivity index (χ4n) is 1.90. The third-order valence-corrected chi connectivity index (χ3v) is 2.94. The highest BCUT2D eigenvalue weighted by Gasteiger charge is 2.22. The van der Waals surface area contributed by atoms with Gasteiger partial charge in [-0.15, -0.1) is 0 Å². The molecule has 0 aromatic heterocycles. The van der Waals surface area contributed by atoms with Gasteiger partial charge in [0, 0.05) is 6.54 Å². The lowest BCUT2D eigenvalue weighted by Gasteiger charge is -2.23. The molecular formula is C16H22N2O4. The molecule has 0 fully saturated rings. The highest BCUT2D eigenvalue weighted by molar-refractivity contribution is 5.67. The fourth-order valence-corrected chi connectivity index (χ4v) is 1.90. The van der Waals surface area contributed by atoms with E-state index in [9.17, 15) is 15.0 Å². The second-order valence-electron chi connectivity index (χ2n) is 6.08. The van der Waals surface area contributed by atoms with Gasteiger partial charge in [0.05, 0.1) is 11.6 Å². The molecule has 0 aliphatic carbocycles. The van der Waals surface area contributed by atoms with Crippen LogP contribution in [-0.4, -0.2) is 34.6 Å². The molecule has 0 bridgehead atoms. The van der Waals surface area contributed by atoms with E-state index >= 15 is 0 Å². The molecule has 2 unspecified atom stereocenters. The standard InChI is InChI=1S/C16H22N2O4/c1-10-7-11(8-17)5-6-12(10)14(20)13(19)9-18-15(21)22-16(2,3)4/h5-7,13-14,19-20H,9H2,1-4H3,(H,18,21). The molecule has 0 heterocycles. The molecule has 1 aromatic carbocycles. The van der Waals surface area contributed by atoms with Gasteiger partial charge in [0.25, 0.3) is 0 Å². The summed E-state index contributed by atoms with van der Waals surface area (Å²) in [6.45, 7) is 6.80. The number of carbonyl (C=O) groups is 1. The fraction of sp³-hybridized carbons (Fsp3) is 0.500. The predicted molar refractivity (Wildman–Crippen MR) is 81.1 cm³/mol. The SMILES string of the molecule is Cc1cc(C#N)ccc1C(O)C(O)CNC(=O)OC(C)(C)C. The van der Waals surface area contributed by atoms with E-state index in [2.05, 4.69) is 5.32 Å². The van der Waals surface area contributed by atoms with Crippen LogP contribution in [0.15, 0.2) is 18.2 Å². The van der Waals surface area contributed by atoms with Gasteiger partial charge in [-0.1, -0.05) is 6.07 Å². The van der Waals surface area contributed by atoms with Crippen molar-refractivity contribution in [1.29, 1.82) is 5.26 Å². The van der Waals surface area contributed by atoms with Crippen molar-refractivity contribution in [2.45, 2.75) is 45.5 Å². The molecule has 1 aromatic rings. The smallest absolute Gasteiger partial charge is 0.407 e. The Balaban J connectivity index is 2.64. The summed E-state index contributed by atoms with van der Waals surface area (Å²) in [5, 5.41) is 31.4. The summed E-state index contributed by atoms with van der Waals surface area (Å²) in [6, 6.07) is 6.80. The Bertz CT molecular complexity index is 572. The molecule has 0 aliphatic rings. The topological polar surface area (TPSA) is 103 Å². The van der Waals surface area contributed by atoms with Crippen LogP contribution in [0.2, 0.25) is 0 Å². The Kier molecular flexibility index (Phi) is 5.92. The Morgan fingerprint density at radius 3 is 2.55 bits per heavy atom. The number of nitrogens with zero attached hydrogens (tertiary/aromatic N) is 1. The van der Waals surface area contributed by atoms with E-state index in [-0.39, 0.29) is 6.54 Å². The molecule has 0 saturated carbocycles. The van der Waals surface area contributed by atoms with E-state index in [1.807, 2.05) is 6.07 Å². The average molecular weight is 306 g/mol. The maximum Gasteiger partial charge on any atom is 0.407 e. The van der Waals surface area contributed by atoms with E-state index in [0.717, 1.165) is 0 Å². The Morgan fingerprint density at radius 1 is 1.41 bits per heavy atom. The third kappa shape index (κ3) is 5.35. The van der Waals surface area contributed by atoms with Crippen LogP contribution >= 0.6 is 0 Å². The van der Waals surface area contributed by atoms with E-state index in [1.54, 1.807) is 45.9 Å². The number of alkyl carbamates (subject to hydrolysis) is 1. The number of carbonyl (C=O) groups excluding carboxylic acids is 1. The number of amides is 1. The molecule has 0 aliphatic heterocycles. The van der Waals surface area contributed by atoms with Gasteiger partial charge in [0.15, 0.2) is 0 Å². The number of nitriles is 1. The van der Waals surface area contributed by atoms with Gasteiger partial charge in [-0.05, 0) is 51.0 Å². The van der Waals surface area contributed by atoms with Gasteiger partial charge >= 0.3 is 6.09 Å². The monoisotopic (exact) mass is 306 g/mol. The lowest BCUT2D eigenvalue weighted by atomic mass is 9.97. The molecule has 6 heteroatoms. The van der Waals surface area contributed by atoms with Crippen molar-refractivity contribution in [3.63, 3.8) is 0 Å².